The zero-order chi connectivity index (χ0) is 14.8. The molecule has 0 fully saturated rings. The van der Waals surface area contributed by atoms with Crippen molar-refractivity contribution in [3.8, 4) is 16.9 Å². The molecule has 0 radical (unpaired) electrons. The summed E-state index contributed by atoms with van der Waals surface area (Å²) in [5.74, 6) is 0.269. The van der Waals surface area contributed by atoms with E-state index in [4.69, 9.17) is 4.74 Å². The van der Waals surface area contributed by atoms with Gasteiger partial charge in [0.25, 0.3) is 0 Å². The van der Waals surface area contributed by atoms with Crippen LogP contribution >= 0.6 is 0 Å². The molecule has 0 unspecified atom stereocenters. The third-order valence-electron chi connectivity index (χ3n) is 3.46. The molecule has 0 heterocycles. The van der Waals surface area contributed by atoms with Crippen LogP contribution in [0, 0.1) is 10.1 Å². The lowest BCUT2D eigenvalue weighted by Gasteiger charge is -2.08. The zero-order valence-electron chi connectivity index (χ0n) is 11.4. The number of methoxy groups -OCH3 is 1. The molecule has 0 bridgehead atoms. The van der Waals surface area contributed by atoms with Crippen LogP contribution in [0.3, 0.4) is 0 Å². The largest absolute Gasteiger partial charge is 0.490 e. The first-order valence-corrected chi connectivity index (χ1v) is 6.51. The number of hydrogen-bond acceptors (Lipinski definition) is 3. The van der Waals surface area contributed by atoms with Gasteiger partial charge in [0.15, 0.2) is 5.75 Å². The van der Waals surface area contributed by atoms with Crippen LogP contribution in [0.1, 0.15) is 0 Å². The van der Waals surface area contributed by atoms with E-state index in [1.54, 1.807) is 18.2 Å². The lowest BCUT2D eigenvalue weighted by molar-refractivity contribution is -0.385. The monoisotopic (exact) mass is 279 g/mol. The van der Waals surface area contributed by atoms with Gasteiger partial charge in [0.1, 0.15) is 0 Å². The third kappa shape index (κ3) is 2.31. The van der Waals surface area contributed by atoms with Crippen molar-refractivity contribution in [2.24, 2.45) is 0 Å². The minimum atomic E-state index is -0.399. The molecule has 21 heavy (non-hydrogen) atoms. The SMILES string of the molecule is COc1cccc(-c2ccc3ccccc3c2)c1[N+](=O)[O-]. The topological polar surface area (TPSA) is 52.4 Å². The van der Waals surface area contributed by atoms with Gasteiger partial charge in [-0.2, -0.15) is 0 Å². The van der Waals surface area contributed by atoms with Crippen LogP contribution in [0.4, 0.5) is 5.69 Å². The van der Waals surface area contributed by atoms with E-state index in [0.29, 0.717) is 5.56 Å². The smallest absolute Gasteiger partial charge is 0.318 e. The van der Waals surface area contributed by atoms with Gasteiger partial charge in [-0.25, -0.2) is 0 Å². The highest BCUT2D eigenvalue weighted by molar-refractivity contribution is 5.89. The average molecular weight is 279 g/mol. The highest BCUT2D eigenvalue weighted by atomic mass is 16.6. The molecule has 0 aliphatic heterocycles. The Morgan fingerprint density at radius 3 is 2.43 bits per heavy atom. The molecular formula is C17H13NO3. The minimum absolute atomic E-state index is 0.00437. The first kappa shape index (κ1) is 13.1. The molecule has 0 aliphatic rings. The number of hydrogen-bond donors (Lipinski definition) is 0. The molecule has 0 aliphatic carbocycles. The van der Waals surface area contributed by atoms with Crippen LogP contribution in [0.2, 0.25) is 0 Å². The number of fused-ring (bicyclic) bond motifs is 1. The first-order valence-electron chi connectivity index (χ1n) is 6.51. The van der Waals surface area contributed by atoms with Gasteiger partial charge < -0.3 is 4.74 Å². The van der Waals surface area contributed by atoms with Crippen LogP contribution < -0.4 is 4.74 Å². The van der Waals surface area contributed by atoms with Crippen LogP contribution in [0.15, 0.2) is 60.7 Å². The van der Waals surface area contributed by atoms with E-state index < -0.39 is 4.92 Å². The molecule has 0 amide bonds. The Labute approximate surface area is 121 Å². The molecule has 3 aromatic rings. The number of benzene rings is 3. The van der Waals surface area contributed by atoms with Crippen molar-refractivity contribution in [2.75, 3.05) is 7.11 Å². The number of nitro benzene ring substituents is 1. The summed E-state index contributed by atoms with van der Waals surface area (Å²) in [7, 11) is 1.44. The fourth-order valence-corrected chi connectivity index (χ4v) is 2.47. The van der Waals surface area contributed by atoms with Crippen LogP contribution in [-0.2, 0) is 0 Å². The summed E-state index contributed by atoms with van der Waals surface area (Å²) in [6, 6.07) is 18.8. The molecular weight excluding hydrogens is 266 g/mol. The Balaban J connectivity index is 2.24. The Kier molecular flexibility index (Phi) is 3.28. The first-order chi connectivity index (χ1) is 10.2. The maximum atomic E-state index is 11.4. The van der Waals surface area contributed by atoms with E-state index in [2.05, 4.69) is 0 Å². The Morgan fingerprint density at radius 1 is 0.952 bits per heavy atom. The molecule has 0 N–H and O–H groups in total. The normalized spacial score (nSPS) is 10.5. The van der Waals surface area contributed by atoms with E-state index in [9.17, 15) is 10.1 Å². The van der Waals surface area contributed by atoms with Gasteiger partial charge in [-0.05, 0) is 34.5 Å². The fraction of sp³-hybridized carbons (Fsp3) is 0.0588. The van der Waals surface area contributed by atoms with Gasteiger partial charge in [0.05, 0.1) is 17.6 Å². The number of ether oxygens (including phenoxy) is 1. The van der Waals surface area contributed by atoms with Gasteiger partial charge in [-0.15, -0.1) is 0 Å². The third-order valence-corrected chi connectivity index (χ3v) is 3.46. The van der Waals surface area contributed by atoms with Crippen molar-refractivity contribution >= 4 is 16.5 Å². The second-order valence-electron chi connectivity index (χ2n) is 4.68. The van der Waals surface area contributed by atoms with Crippen molar-refractivity contribution < 1.29 is 9.66 Å². The molecule has 0 atom stereocenters. The Hall–Kier alpha value is -2.88. The predicted octanol–water partition coefficient (Wildman–Crippen LogP) is 4.42. The van der Waals surface area contributed by atoms with E-state index in [-0.39, 0.29) is 11.4 Å². The second-order valence-corrected chi connectivity index (χ2v) is 4.68. The highest BCUT2D eigenvalue weighted by Crippen LogP contribution is 2.38. The van der Waals surface area contributed by atoms with Crippen LogP contribution in [-0.4, -0.2) is 12.0 Å². The van der Waals surface area contributed by atoms with Crippen molar-refractivity contribution in [1.82, 2.24) is 0 Å². The van der Waals surface area contributed by atoms with Crippen LogP contribution in [0.25, 0.3) is 21.9 Å². The van der Waals surface area contributed by atoms with Gasteiger partial charge in [-0.3, -0.25) is 10.1 Å². The molecule has 3 aromatic carbocycles. The molecule has 0 saturated carbocycles. The molecule has 0 saturated heterocycles. The summed E-state index contributed by atoms with van der Waals surface area (Å²) in [4.78, 5) is 11.0. The molecule has 0 spiro atoms. The Bertz CT molecular complexity index is 827. The number of nitrogens with zero attached hydrogens (tertiary/aromatic N) is 1. The maximum absolute atomic E-state index is 11.4. The number of para-hydroxylation sites is 1. The molecule has 0 aromatic heterocycles. The minimum Gasteiger partial charge on any atom is -0.490 e. The standard InChI is InChI=1S/C17H13NO3/c1-21-16-8-4-7-15(17(16)18(19)20)14-10-9-12-5-2-3-6-13(12)11-14/h2-11H,1H3. The molecule has 4 heteroatoms. The molecule has 104 valence electrons. The predicted molar refractivity (Wildman–Crippen MR) is 82.6 cm³/mol. The summed E-state index contributed by atoms with van der Waals surface area (Å²) < 4.78 is 5.11. The van der Waals surface area contributed by atoms with E-state index in [1.807, 2.05) is 42.5 Å². The van der Waals surface area contributed by atoms with Crippen molar-refractivity contribution in [3.63, 3.8) is 0 Å². The van der Waals surface area contributed by atoms with Gasteiger partial charge in [0.2, 0.25) is 0 Å². The zero-order valence-corrected chi connectivity index (χ0v) is 11.4. The molecule has 4 nitrogen and oxygen atoms in total. The molecule has 3 rings (SSSR count). The maximum Gasteiger partial charge on any atom is 0.318 e. The number of nitro groups is 1. The van der Waals surface area contributed by atoms with E-state index >= 15 is 0 Å². The summed E-state index contributed by atoms with van der Waals surface area (Å²) >= 11 is 0. The lowest BCUT2D eigenvalue weighted by Crippen LogP contribution is -1.96. The lowest BCUT2D eigenvalue weighted by atomic mass is 9.99. The van der Waals surface area contributed by atoms with Crippen molar-refractivity contribution in [2.45, 2.75) is 0 Å². The summed E-state index contributed by atoms with van der Waals surface area (Å²) in [5.41, 5.74) is 1.36. The van der Waals surface area contributed by atoms with Gasteiger partial charge in [-0.1, -0.05) is 42.5 Å². The van der Waals surface area contributed by atoms with Crippen molar-refractivity contribution in [1.29, 1.82) is 0 Å². The second kappa shape index (κ2) is 5.25. The van der Waals surface area contributed by atoms with Crippen LogP contribution in [0.5, 0.6) is 5.75 Å². The average Bonchev–Trinajstić information content (AvgIpc) is 2.53. The van der Waals surface area contributed by atoms with Gasteiger partial charge >= 0.3 is 5.69 Å². The van der Waals surface area contributed by atoms with E-state index in [0.717, 1.165) is 16.3 Å². The number of rotatable bonds is 3. The fourth-order valence-electron chi connectivity index (χ4n) is 2.47. The van der Waals surface area contributed by atoms with Gasteiger partial charge in [0, 0.05) is 0 Å². The summed E-state index contributed by atoms with van der Waals surface area (Å²) in [6.45, 7) is 0. The van der Waals surface area contributed by atoms with Crippen molar-refractivity contribution in [3.05, 3.63) is 70.8 Å². The van der Waals surface area contributed by atoms with E-state index in [1.165, 1.54) is 7.11 Å². The highest BCUT2D eigenvalue weighted by Gasteiger charge is 2.21. The quantitative estimate of drug-likeness (QED) is 0.526. The Morgan fingerprint density at radius 2 is 1.71 bits per heavy atom. The summed E-state index contributed by atoms with van der Waals surface area (Å²) in [6.07, 6.45) is 0. The summed E-state index contributed by atoms with van der Waals surface area (Å²) in [5, 5.41) is 13.5.